The molecule has 2 rings (SSSR count). The van der Waals surface area contributed by atoms with E-state index in [9.17, 15) is 4.39 Å². The van der Waals surface area contributed by atoms with Gasteiger partial charge in [0.15, 0.2) is 0 Å². The van der Waals surface area contributed by atoms with Crippen LogP contribution in [0.4, 0.5) is 10.1 Å². The number of anilines is 1. The van der Waals surface area contributed by atoms with Crippen molar-refractivity contribution in [3.05, 3.63) is 64.4 Å². The number of rotatable bonds is 5. The molecule has 0 bridgehead atoms. The average Bonchev–Trinajstić information content (AvgIpc) is 2.42. The van der Waals surface area contributed by atoms with Crippen molar-refractivity contribution < 1.29 is 4.39 Å². The van der Waals surface area contributed by atoms with E-state index in [0.717, 1.165) is 17.7 Å². The van der Waals surface area contributed by atoms with Crippen molar-refractivity contribution in [3.63, 3.8) is 0 Å². The third-order valence-electron chi connectivity index (χ3n) is 2.83. The minimum atomic E-state index is -0.279. The molecule has 0 aliphatic rings. The summed E-state index contributed by atoms with van der Waals surface area (Å²) in [5.74, 6) is 0.338. The molecule has 1 nitrogen and oxygen atoms in total. The highest BCUT2D eigenvalue weighted by atomic mass is 35.5. The summed E-state index contributed by atoms with van der Waals surface area (Å²) in [6.45, 7) is 0.492. The van der Waals surface area contributed by atoms with Gasteiger partial charge in [0, 0.05) is 23.1 Å². The Labute approximate surface area is 122 Å². The van der Waals surface area contributed by atoms with Gasteiger partial charge < -0.3 is 5.32 Å². The van der Waals surface area contributed by atoms with Gasteiger partial charge in [0.05, 0.1) is 0 Å². The van der Waals surface area contributed by atoms with Gasteiger partial charge >= 0.3 is 0 Å². The van der Waals surface area contributed by atoms with Crippen LogP contribution in [0.2, 0.25) is 5.02 Å². The lowest BCUT2D eigenvalue weighted by Gasteiger charge is -2.09. The standard InChI is InChI=1S/C15H14Cl2FN/c16-8-7-11-1-4-14(5-2-11)19-10-12-9-13(18)3-6-15(12)17/h1-6,9,19H,7-8,10H2. The summed E-state index contributed by atoms with van der Waals surface area (Å²) < 4.78 is 13.1. The minimum Gasteiger partial charge on any atom is -0.381 e. The van der Waals surface area contributed by atoms with Crippen LogP contribution in [0, 0.1) is 5.82 Å². The van der Waals surface area contributed by atoms with Gasteiger partial charge in [0.1, 0.15) is 5.82 Å². The van der Waals surface area contributed by atoms with Crippen molar-refractivity contribution in [1.29, 1.82) is 0 Å². The summed E-state index contributed by atoms with van der Waals surface area (Å²) in [4.78, 5) is 0. The van der Waals surface area contributed by atoms with Crippen molar-refractivity contribution in [2.24, 2.45) is 0 Å². The average molecular weight is 298 g/mol. The molecule has 2 aromatic rings. The Morgan fingerprint density at radius 1 is 1.05 bits per heavy atom. The predicted octanol–water partition coefficient (Wildman–Crippen LogP) is 4.87. The first-order valence-corrected chi connectivity index (χ1v) is 6.93. The van der Waals surface area contributed by atoms with Gasteiger partial charge in [0.2, 0.25) is 0 Å². The summed E-state index contributed by atoms with van der Waals surface area (Å²) in [5, 5.41) is 3.78. The molecule has 19 heavy (non-hydrogen) atoms. The first kappa shape index (κ1) is 14.2. The zero-order valence-electron chi connectivity index (χ0n) is 10.3. The maximum absolute atomic E-state index is 13.1. The molecule has 0 aliphatic carbocycles. The lowest BCUT2D eigenvalue weighted by Crippen LogP contribution is -2.00. The molecule has 100 valence electrons. The van der Waals surface area contributed by atoms with E-state index >= 15 is 0 Å². The molecule has 0 saturated heterocycles. The fourth-order valence-electron chi connectivity index (χ4n) is 1.77. The molecule has 0 aromatic heterocycles. The van der Waals surface area contributed by atoms with E-state index in [1.807, 2.05) is 24.3 Å². The SMILES string of the molecule is Fc1ccc(Cl)c(CNc2ccc(CCCl)cc2)c1. The Balaban J connectivity index is 2.00. The van der Waals surface area contributed by atoms with E-state index < -0.39 is 0 Å². The molecular formula is C15H14Cl2FN. The second kappa shape index (κ2) is 6.78. The van der Waals surface area contributed by atoms with Crippen LogP contribution in [0.3, 0.4) is 0 Å². The second-order valence-electron chi connectivity index (χ2n) is 4.23. The van der Waals surface area contributed by atoms with Gasteiger partial charge in [-0.15, -0.1) is 11.6 Å². The van der Waals surface area contributed by atoms with Crippen molar-refractivity contribution in [2.45, 2.75) is 13.0 Å². The Kier molecular flexibility index (Phi) is 5.06. The highest BCUT2D eigenvalue weighted by molar-refractivity contribution is 6.31. The first-order valence-electron chi connectivity index (χ1n) is 6.02. The highest BCUT2D eigenvalue weighted by Gasteiger charge is 2.02. The molecule has 0 unspecified atom stereocenters. The van der Waals surface area contributed by atoms with Gasteiger partial charge in [-0.25, -0.2) is 4.39 Å². The molecule has 4 heteroatoms. The molecule has 0 radical (unpaired) electrons. The van der Waals surface area contributed by atoms with Crippen LogP contribution in [0.15, 0.2) is 42.5 Å². The van der Waals surface area contributed by atoms with E-state index in [2.05, 4.69) is 5.32 Å². The van der Waals surface area contributed by atoms with E-state index in [1.54, 1.807) is 6.07 Å². The van der Waals surface area contributed by atoms with Crippen molar-refractivity contribution >= 4 is 28.9 Å². The smallest absolute Gasteiger partial charge is 0.123 e. The van der Waals surface area contributed by atoms with Crippen LogP contribution in [0.1, 0.15) is 11.1 Å². The van der Waals surface area contributed by atoms with Crippen LogP contribution in [-0.4, -0.2) is 5.88 Å². The Morgan fingerprint density at radius 2 is 1.79 bits per heavy atom. The zero-order chi connectivity index (χ0) is 13.7. The molecule has 0 aliphatic heterocycles. The molecule has 0 spiro atoms. The summed E-state index contributed by atoms with van der Waals surface area (Å²) in [7, 11) is 0. The Hall–Kier alpha value is -1.25. The van der Waals surface area contributed by atoms with E-state index in [-0.39, 0.29) is 5.82 Å². The number of aryl methyl sites for hydroxylation is 1. The van der Waals surface area contributed by atoms with E-state index in [1.165, 1.54) is 17.7 Å². The van der Waals surface area contributed by atoms with Gasteiger partial charge in [-0.05, 0) is 47.9 Å². The van der Waals surface area contributed by atoms with Crippen LogP contribution in [0.25, 0.3) is 0 Å². The Morgan fingerprint density at radius 3 is 2.47 bits per heavy atom. The molecular weight excluding hydrogens is 284 g/mol. The van der Waals surface area contributed by atoms with Gasteiger partial charge in [-0.2, -0.15) is 0 Å². The molecule has 0 heterocycles. The number of alkyl halides is 1. The van der Waals surface area contributed by atoms with Gasteiger partial charge in [0.25, 0.3) is 0 Å². The normalized spacial score (nSPS) is 10.5. The predicted molar refractivity (Wildman–Crippen MR) is 79.6 cm³/mol. The van der Waals surface area contributed by atoms with Crippen LogP contribution >= 0.6 is 23.2 Å². The number of hydrogen-bond donors (Lipinski definition) is 1. The maximum atomic E-state index is 13.1. The third-order valence-corrected chi connectivity index (χ3v) is 3.39. The zero-order valence-corrected chi connectivity index (χ0v) is 11.8. The lowest BCUT2D eigenvalue weighted by molar-refractivity contribution is 0.626. The summed E-state index contributed by atoms with van der Waals surface area (Å²) in [6, 6.07) is 12.4. The summed E-state index contributed by atoms with van der Waals surface area (Å²) in [5.41, 5.74) is 2.91. The fraction of sp³-hybridized carbons (Fsp3) is 0.200. The monoisotopic (exact) mass is 297 g/mol. The summed E-state index contributed by atoms with van der Waals surface area (Å²) in [6.07, 6.45) is 0.859. The largest absolute Gasteiger partial charge is 0.381 e. The number of nitrogens with one attached hydrogen (secondary N) is 1. The maximum Gasteiger partial charge on any atom is 0.123 e. The molecule has 0 fully saturated rings. The lowest BCUT2D eigenvalue weighted by atomic mass is 10.1. The van der Waals surface area contributed by atoms with Crippen LogP contribution < -0.4 is 5.32 Å². The molecule has 0 atom stereocenters. The van der Waals surface area contributed by atoms with E-state index in [4.69, 9.17) is 23.2 Å². The number of benzene rings is 2. The quantitative estimate of drug-likeness (QED) is 0.776. The summed E-state index contributed by atoms with van der Waals surface area (Å²) >= 11 is 11.7. The number of halogens is 3. The van der Waals surface area contributed by atoms with Crippen molar-refractivity contribution in [2.75, 3.05) is 11.2 Å². The van der Waals surface area contributed by atoms with Crippen molar-refractivity contribution in [3.8, 4) is 0 Å². The number of hydrogen-bond acceptors (Lipinski definition) is 1. The van der Waals surface area contributed by atoms with Gasteiger partial charge in [-0.3, -0.25) is 0 Å². The van der Waals surface area contributed by atoms with Crippen molar-refractivity contribution in [1.82, 2.24) is 0 Å². The van der Waals surface area contributed by atoms with Crippen LogP contribution in [0.5, 0.6) is 0 Å². The molecule has 0 amide bonds. The minimum absolute atomic E-state index is 0.279. The molecule has 0 saturated carbocycles. The second-order valence-corrected chi connectivity index (χ2v) is 5.01. The van der Waals surface area contributed by atoms with E-state index in [0.29, 0.717) is 17.4 Å². The fourth-order valence-corrected chi connectivity index (χ4v) is 2.18. The highest BCUT2D eigenvalue weighted by Crippen LogP contribution is 2.19. The molecule has 1 N–H and O–H groups in total. The Bertz CT molecular complexity index is 540. The molecule has 2 aromatic carbocycles. The van der Waals surface area contributed by atoms with Crippen LogP contribution in [-0.2, 0) is 13.0 Å². The van der Waals surface area contributed by atoms with Gasteiger partial charge in [-0.1, -0.05) is 23.7 Å². The third kappa shape index (κ3) is 4.12. The topological polar surface area (TPSA) is 12.0 Å². The first-order chi connectivity index (χ1) is 9.19.